The largest absolute Gasteiger partial charge is 0.446 e. The fraction of sp³-hybridized carbons (Fsp3) is 0.867. The van der Waals surface area contributed by atoms with E-state index in [2.05, 4.69) is 19.9 Å². The number of carbonyl (C=O) groups excluding carboxylic acids is 1. The summed E-state index contributed by atoms with van der Waals surface area (Å²) in [6, 6.07) is 2.39. The van der Waals surface area contributed by atoms with Crippen molar-refractivity contribution in [2.45, 2.75) is 46.1 Å². The monoisotopic (exact) mass is 264 g/mol. The molecule has 1 saturated carbocycles. The molecule has 3 unspecified atom stereocenters. The number of likely N-dealkylation sites (tertiary alicyclic amines) is 1. The molecule has 1 aliphatic heterocycles. The maximum Gasteiger partial charge on any atom is 0.410 e. The highest BCUT2D eigenvalue weighted by Gasteiger charge is 2.36. The number of carbonyl (C=O) groups is 1. The Morgan fingerprint density at radius 3 is 2.53 bits per heavy atom. The first-order valence-corrected chi connectivity index (χ1v) is 7.38. The molecule has 4 nitrogen and oxygen atoms in total. The molecule has 106 valence electrons. The lowest BCUT2D eigenvalue weighted by Gasteiger charge is -2.37. The predicted molar refractivity (Wildman–Crippen MR) is 72.3 cm³/mol. The summed E-state index contributed by atoms with van der Waals surface area (Å²) in [5, 5.41) is 9.18. The lowest BCUT2D eigenvalue weighted by Crippen LogP contribution is -2.46. The molecule has 1 aliphatic carbocycles. The van der Waals surface area contributed by atoms with Crippen molar-refractivity contribution in [3.05, 3.63) is 0 Å². The predicted octanol–water partition coefficient (Wildman–Crippen LogP) is 3.04. The van der Waals surface area contributed by atoms with E-state index in [9.17, 15) is 10.1 Å². The zero-order valence-corrected chi connectivity index (χ0v) is 12.1. The van der Waals surface area contributed by atoms with Crippen LogP contribution in [0.1, 0.15) is 40.0 Å². The Labute approximate surface area is 115 Å². The maximum absolute atomic E-state index is 12.1. The van der Waals surface area contributed by atoms with Gasteiger partial charge in [0.25, 0.3) is 0 Å². The van der Waals surface area contributed by atoms with Crippen molar-refractivity contribution in [2.24, 2.45) is 23.7 Å². The van der Waals surface area contributed by atoms with Gasteiger partial charge in [0.2, 0.25) is 0 Å². The van der Waals surface area contributed by atoms with Gasteiger partial charge in [0.1, 0.15) is 6.10 Å². The van der Waals surface area contributed by atoms with E-state index in [0.717, 1.165) is 6.42 Å². The van der Waals surface area contributed by atoms with Gasteiger partial charge in [-0.25, -0.2) is 4.79 Å². The van der Waals surface area contributed by atoms with Crippen LogP contribution in [0.25, 0.3) is 0 Å². The molecule has 2 aliphatic rings. The molecule has 19 heavy (non-hydrogen) atoms. The Balaban J connectivity index is 1.90. The van der Waals surface area contributed by atoms with Gasteiger partial charge in [0.05, 0.1) is 12.0 Å². The minimum absolute atomic E-state index is 0.0405. The zero-order chi connectivity index (χ0) is 14.0. The van der Waals surface area contributed by atoms with E-state index in [1.165, 1.54) is 12.8 Å². The molecule has 0 aromatic rings. The first kappa shape index (κ1) is 14.2. The molecule has 2 rings (SSSR count). The van der Waals surface area contributed by atoms with Crippen LogP contribution in [0.15, 0.2) is 0 Å². The number of piperidine rings is 1. The second kappa shape index (κ2) is 5.81. The van der Waals surface area contributed by atoms with Crippen molar-refractivity contribution in [1.29, 1.82) is 5.26 Å². The molecule has 1 saturated heterocycles. The summed E-state index contributed by atoms with van der Waals surface area (Å²) in [6.07, 6.45) is 2.98. The summed E-state index contributed by atoms with van der Waals surface area (Å²) in [7, 11) is 0. The lowest BCUT2D eigenvalue weighted by atomic mass is 9.79. The standard InChI is InChI=1S/C15H24N2O2/c1-10(2)14-9-17(7-6-13(14)8-16)15(18)19-11(3)12-4-5-12/h10-14H,4-7,9H2,1-3H3. The average molecular weight is 264 g/mol. The summed E-state index contributed by atoms with van der Waals surface area (Å²) in [6.45, 7) is 7.54. The van der Waals surface area contributed by atoms with Crippen LogP contribution < -0.4 is 0 Å². The number of rotatable bonds is 3. The van der Waals surface area contributed by atoms with Crippen LogP contribution in [0.3, 0.4) is 0 Å². The van der Waals surface area contributed by atoms with Crippen LogP contribution in [0.5, 0.6) is 0 Å². The molecule has 0 spiro atoms. The minimum atomic E-state index is -0.193. The molecule has 0 radical (unpaired) electrons. The van der Waals surface area contributed by atoms with Gasteiger partial charge in [-0.3, -0.25) is 0 Å². The first-order chi connectivity index (χ1) is 9.02. The Hall–Kier alpha value is -1.24. The molecule has 4 heteroatoms. The van der Waals surface area contributed by atoms with Gasteiger partial charge < -0.3 is 9.64 Å². The van der Waals surface area contributed by atoms with Crippen LogP contribution in [-0.4, -0.2) is 30.2 Å². The summed E-state index contributed by atoms with van der Waals surface area (Å²) in [5.41, 5.74) is 0. The van der Waals surface area contributed by atoms with Crippen LogP contribution in [-0.2, 0) is 4.74 Å². The fourth-order valence-electron chi connectivity index (χ4n) is 2.88. The Bertz CT molecular complexity index is 371. The molecular weight excluding hydrogens is 240 g/mol. The number of nitrogens with zero attached hydrogens (tertiary/aromatic N) is 2. The topological polar surface area (TPSA) is 53.3 Å². The van der Waals surface area contributed by atoms with Gasteiger partial charge in [-0.2, -0.15) is 5.26 Å². The molecule has 1 amide bonds. The molecule has 0 N–H and O–H groups in total. The Kier molecular flexibility index (Phi) is 4.34. The highest BCUT2D eigenvalue weighted by atomic mass is 16.6. The molecule has 3 atom stereocenters. The highest BCUT2D eigenvalue weighted by Crippen LogP contribution is 2.35. The van der Waals surface area contributed by atoms with E-state index in [-0.39, 0.29) is 24.0 Å². The van der Waals surface area contributed by atoms with Crippen molar-refractivity contribution >= 4 is 6.09 Å². The SMILES string of the molecule is CC(C)C1CN(C(=O)OC(C)C2CC2)CCC1C#N. The average Bonchev–Trinajstić information content (AvgIpc) is 3.21. The van der Waals surface area contributed by atoms with E-state index in [0.29, 0.717) is 24.9 Å². The lowest BCUT2D eigenvalue weighted by molar-refractivity contribution is 0.0384. The Morgan fingerprint density at radius 1 is 1.32 bits per heavy atom. The Morgan fingerprint density at radius 2 is 2.00 bits per heavy atom. The molecule has 1 heterocycles. The van der Waals surface area contributed by atoms with E-state index in [4.69, 9.17) is 4.74 Å². The second-order valence-corrected chi connectivity index (χ2v) is 6.30. The minimum Gasteiger partial charge on any atom is -0.446 e. The summed E-state index contributed by atoms with van der Waals surface area (Å²) >= 11 is 0. The van der Waals surface area contributed by atoms with Crippen LogP contribution >= 0.6 is 0 Å². The first-order valence-electron chi connectivity index (χ1n) is 7.38. The summed E-state index contributed by atoms with van der Waals surface area (Å²) in [4.78, 5) is 13.9. The van der Waals surface area contributed by atoms with Crippen LogP contribution in [0.2, 0.25) is 0 Å². The number of nitriles is 1. The van der Waals surface area contributed by atoms with Gasteiger partial charge in [-0.1, -0.05) is 13.8 Å². The third kappa shape index (κ3) is 3.40. The van der Waals surface area contributed by atoms with Crippen LogP contribution in [0, 0.1) is 35.0 Å². The van der Waals surface area contributed by atoms with Gasteiger partial charge in [0.15, 0.2) is 0 Å². The van der Waals surface area contributed by atoms with Crippen molar-refractivity contribution in [3.63, 3.8) is 0 Å². The number of hydrogen-bond acceptors (Lipinski definition) is 3. The van der Waals surface area contributed by atoms with E-state index in [1.54, 1.807) is 4.90 Å². The third-order valence-corrected chi connectivity index (χ3v) is 4.51. The molecule has 2 fully saturated rings. The van der Waals surface area contributed by atoms with E-state index in [1.807, 2.05) is 6.92 Å². The fourth-order valence-corrected chi connectivity index (χ4v) is 2.88. The quantitative estimate of drug-likeness (QED) is 0.787. The summed E-state index contributed by atoms with van der Waals surface area (Å²) in [5.74, 6) is 1.33. The number of hydrogen-bond donors (Lipinski definition) is 0. The second-order valence-electron chi connectivity index (χ2n) is 6.30. The van der Waals surface area contributed by atoms with Gasteiger partial charge in [-0.05, 0) is 43.9 Å². The van der Waals surface area contributed by atoms with Crippen molar-refractivity contribution < 1.29 is 9.53 Å². The van der Waals surface area contributed by atoms with Gasteiger partial charge >= 0.3 is 6.09 Å². The van der Waals surface area contributed by atoms with Crippen molar-refractivity contribution in [1.82, 2.24) is 4.90 Å². The third-order valence-electron chi connectivity index (χ3n) is 4.51. The van der Waals surface area contributed by atoms with E-state index >= 15 is 0 Å². The van der Waals surface area contributed by atoms with Gasteiger partial charge in [-0.15, -0.1) is 0 Å². The number of amides is 1. The van der Waals surface area contributed by atoms with Crippen molar-refractivity contribution in [2.75, 3.05) is 13.1 Å². The normalized spacial score (nSPS) is 28.9. The summed E-state index contributed by atoms with van der Waals surface area (Å²) < 4.78 is 5.51. The molecule has 0 bridgehead atoms. The molecule has 0 aromatic carbocycles. The molecular formula is C15H24N2O2. The highest BCUT2D eigenvalue weighted by molar-refractivity contribution is 5.68. The van der Waals surface area contributed by atoms with Gasteiger partial charge in [0, 0.05) is 13.1 Å². The van der Waals surface area contributed by atoms with Crippen LogP contribution in [0.4, 0.5) is 4.79 Å². The van der Waals surface area contributed by atoms with E-state index < -0.39 is 0 Å². The van der Waals surface area contributed by atoms with Crippen molar-refractivity contribution in [3.8, 4) is 6.07 Å². The zero-order valence-electron chi connectivity index (χ0n) is 12.1. The molecule has 0 aromatic heterocycles. The smallest absolute Gasteiger partial charge is 0.410 e. The maximum atomic E-state index is 12.1. The number of ether oxygens (including phenoxy) is 1.